The van der Waals surface area contributed by atoms with E-state index < -0.39 is 15.6 Å². The lowest BCUT2D eigenvalue weighted by Crippen LogP contribution is -2.43. The highest BCUT2D eigenvalue weighted by molar-refractivity contribution is 7.60. The standard InChI is InChI=1S/C30H41N2O2PSi/c1-23(2)36(24(3)4,25(5)6)22-10-20-34-35(33,21-18-27-16-14-26(7)15-17-27)32-29-13-8-11-28-12-9-19-31-30(28)29/h8-9,11-17,19,23-25H,18,20-21H2,1-7H3,(H,32,33). The van der Waals surface area contributed by atoms with Crippen LogP contribution >= 0.6 is 7.52 Å². The molecule has 0 radical (unpaired) electrons. The number of para-hydroxylation sites is 1. The number of aromatic nitrogens is 1. The van der Waals surface area contributed by atoms with Gasteiger partial charge in [0.15, 0.2) is 0 Å². The second-order valence-electron chi connectivity index (χ2n) is 10.6. The summed E-state index contributed by atoms with van der Waals surface area (Å²) >= 11 is 0. The number of nitrogens with zero attached hydrogens (tertiary/aromatic N) is 1. The molecule has 0 aliphatic heterocycles. The van der Waals surface area contributed by atoms with Crippen LogP contribution in [0.15, 0.2) is 60.8 Å². The quantitative estimate of drug-likeness (QED) is 0.165. The summed E-state index contributed by atoms with van der Waals surface area (Å²) in [6.45, 7) is 16.0. The number of benzene rings is 2. The van der Waals surface area contributed by atoms with Crippen molar-refractivity contribution in [2.45, 2.75) is 71.5 Å². The van der Waals surface area contributed by atoms with E-state index in [1.54, 1.807) is 6.20 Å². The first kappa shape index (κ1) is 28.2. The van der Waals surface area contributed by atoms with Crippen LogP contribution in [-0.2, 0) is 15.5 Å². The molecule has 1 aromatic heterocycles. The molecule has 0 fully saturated rings. The summed E-state index contributed by atoms with van der Waals surface area (Å²) in [6.07, 6.45) is 2.78. The molecule has 0 saturated heterocycles. The van der Waals surface area contributed by atoms with Gasteiger partial charge in [-0.3, -0.25) is 9.55 Å². The third-order valence-corrected chi connectivity index (χ3v) is 15.5. The van der Waals surface area contributed by atoms with Gasteiger partial charge >= 0.3 is 0 Å². The predicted octanol–water partition coefficient (Wildman–Crippen LogP) is 8.63. The molecular weight excluding hydrogens is 479 g/mol. The number of anilines is 1. The Morgan fingerprint density at radius 1 is 0.944 bits per heavy atom. The van der Waals surface area contributed by atoms with E-state index in [9.17, 15) is 4.57 Å². The highest BCUT2D eigenvalue weighted by atomic mass is 31.2. The van der Waals surface area contributed by atoms with Gasteiger partial charge in [0.2, 0.25) is 0 Å². The number of rotatable bonds is 10. The van der Waals surface area contributed by atoms with Gasteiger partial charge in [0.25, 0.3) is 7.52 Å². The summed E-state index contributed by atoms with van der Waals surface area (Å²) in [4.78, 5) is 4.52. The zero-order valence-electron chi connectivity index (χ0n) is 22.8. The van der Waals surface area contributed by atoms with E-state index in [0.29, 0.717) is 29.2 Å². The van der Waals surface area contributed by atoms with Crippen LogP contribution < -0.4 is 5.09 Å². The third-order valence-electron chi connectivity index (χ3n) is 7.26. The molecule has 0 saturated carbocycles. The predicted molar refractivity (Wildman–Crippen MR) is 157 cm³/mol. The Balaban J connectivity index is 1.87. The minimum atomic E-state index is -3.25. The van der Waals surface area contributed by atoms with Crippen LogP contribution in [0.3, 0.4) is 0 Å². The van der Waals surface area contributed by atoms with Crippen LogP contribution in [0.5, 0.6) is 0 Å². The monoisotopic (exact) mass is 520 g/mol. The van der Waals surface area contributed by atoms with Crippen LogP contribution in [0.4, 0.5) is 5.69 Å². The lowest BCUT2D eigenvalue weighted by molar-refractivity contribution is 0.362. The minimum absolute atomic E-state index is 0.150. The molecule has 3 aromatic rings. The second kappa shape index (κ2) is 12.2. The van der Waals surface area contributed by atoms with Crippen molar-refractivity contribution in [2.24, 2.45) is 0 Å². The Labute approximate surface area is 218 Å². The van der Waals surface area contributed by atoms with Crippen LogP contribution in [0.25, 0.3) is 10.9 Å². The van der Waals surface area contributed by atoms with Crippen molar-refractivity contribution in [3.05, 3.63) is 71.9 Å². The van der Waals surface area contributed by atoms with Gasteiger partial charge in [-0.2, -0.15) is 0 Å². The van der Waals surface area contributed by atoms with Gasteiger partial charge in [0, 0.05) is 17.7 Å². The minimum Gasteiger partial charge on any atom is -0.313 e. The fourth-order valence-corrected chi connectivity index (χ4v) is 12.2. The summed E-state index contributed by atoms with van der Waals surface area (Å²) in [6, 6.07) is 18.1. The van der Waals surface area contributed by atoms with Crippen molar-refractivity contribution in [1.82, 2.24) is 4.98 Å². The zero-order chi connectivity index (χ0) is 26.3. The van der Waals surface area contributed by atoms with Crippen molar-refractivity contribution >= 4 is 32.2 Å². The van der Waals surface area contributed by atoms with E-state index in [4.69, 9.17) is 4.52 Å². The summed E-state index contributed by atoms with van der Waals surface area (Å²) in [7, 11) is -5.13. The average molecular weight is 521 g/mol. The molecule has 0 bridgehead atoms. The first-order valence-electron chi connectivity index (χ1n) is 13.0. The van der Waals surface area contributed by atoms with Gasteiger partial charge in [-0.25, -0.2) is 0 Å². The molecule has 3 rings (SSSR count). The number of nitrogens with one attached hydrogen (secondary N) is 1. The number of pyridine rings is 1. The number of fused-ring (bicyclic) bond motifs is 1. The first-order chi connectivity index (χ1) is 17.1. The lowest BCUT2D eigenvalue weighted by Gasteiger charge is -2.38. The Morgan fingerprint density at radius 3 is 2.22 bits per heavy atom. The maximum atomic E-state index is 14.2. The van der Waals surface area contributed by atoms with Crippen molar-refractivity contribution in [3.8, 4) is 11.5 Å². The Bertz CT molecular complexity index is 1230. The first-order valence-corrected chi connectivity index (χ1v) is 17.0. The largest absolute Gasteiger partial charge is 0.313 e. The van der Waals surface area contributed by atoms with Crippen LogP contribution in [-0.4, -0.2) is 25.8 Å². The van der Waals surface area contributed by atoms with E-state index in [0.717, 1.165) is 22.2 Å². The van der Waals surface area contributed by atoms with Gasteiger partial charge in [0.05, 0.1) is 11.2 Å². The highest BCUT2D eigenvalue weighted by Crippen LogP contribution is 2.48. The van der Waals surface area contributed by atoms with E-state index in [2.05, 4.69) is 94.3 Å². The molecule has 36 heavy (non-hydrogen) atoms. The van der Waals surface area contributed by atoms with Gasteiger partial charge in [-0.1, -0.05) is 95.5 Å². The van der Waals surface area contributed by atoms with Gasteiger partial charge < -0.3 is 9.61 Å². The number of hydrogen-bond donors (Lipinski definition) is 1. The van der Waals surface area contributed by atoms with E-state index in [1.165, 1.54) is 5.56 Å². The smallest absolute Gasteiger partial charge is 0.295 e. The molecule has 0 aliphatic carbocycles. The molecule has 192 valence electrons. The highest BCUT2D eigenvalue weighted by Gasteiger charge is 2.41. The Morgan fingerprint density at radius 2 is 1.58 bits per heavy atom. The molecular formula is C30H41N2O2PSi. The van der Waals surface area contributed by atoms with Crippen molar-refractivity contribution in [3.63, 3.8) is 0 Å². The maximum absolute atomic E-state index is 14.2. The molecule has 2 aromatic carbocycles. The molecule has 0 amide bonds. The average Bonchev–Trinajstić information content (AvgIpc) is 2.83. The molecule has 1 atom stereocenters. The van der Waals surface area contributed by atoms with Crippen molar-refractivity contribution in [1.29, 1.82) is 0 Å². The maximum Gasteiger partial charge on any atom is 0.295 e. The Kier molecular flexibility index (Phi) is 9.58. The Hall–Kier alpha value is -2.38. The van der Waals surface area contributed by atoms with E-state index in [1.807, 2.05) is 30.3 Å². The molecule has 1 N–H and O–H groups in total. The molecule has 0 spiro atoms. The summed E-state index contributed by atoms with van der Waals surface area (Å²) in [5.74, 6) is 3.32. The lowest BCUT2D eigenvalue weighted by atomic mass is 10.1. The van der Waals surface area contributed by atoms with Crippen LogP contribution in [0.2, 0.25) is 16.6 Å². The summed E-state index contributed by atoms with van der Waals surface area (Å²) in [5, 5.41) is 4.25. The third kappa shape index (κ3) is 6.68. The molecule has 1 heterocycles. The topological polar surface area (TPSA) is 51.2 Å². The van der Waals surface area contributed by atoms with E-state index in [-0.39, 0.29) is 6.61 Å². The van der Waals surface area contributed by atoms with Crippen molar-refractivity contribution < 1.29 is 9.09 Å². The van der Waals surface area contributed by atoms with Gasteiger partial charge in [-0.15, -0.1) is 5.54 Å². The summed E-state index contributed by atoms with van der Waals surface area (Å²) in [5.41, 5.74) is 9.16. The summed E-state index contributed by atoms with van der Waals surface area (Å²) < 4.78 is 20.3. The van der Waals surface area contributed by atoms with Gasteiger partial charge in [0.1, 0.15) is 14.7 Å². The SMILES string of the molecule is Cc1ccc(CCP(=O)(Nc2cccc3cccnc23)OCC#C[Si](C(C)C)(C(C)C)C(C)C)cc1. The molecule has 6 heteroatoms. The van der Waals surface area contributed by atoms with Crippen molar-refractivity contribution in [2.75, 3.05) is 17.9 Å². The fourth-order valence-electron chi connectivity index (χ4n) is 5.32. The number of hydrogen-bond acceptors (Lipinski definition) is 3. The van der Waals surface area contributed by atoms with E-state index >= 15 is 0 Å². The zero-order valence-corrected chi connectivity index (χ0v) is 24.7. The fraction of sp³-hybridized carbons (Fsp3) is 0.433. The molecule has 1 unspecified atom stereocenters. The van der Waals surface area contributed by atoms with Gasteiger partial charge in [-0.05, 0) is 47.7 Å². The molecule has 0 aliphatic rings. The molecule has 4 nitrogen and oxygen atoms in total. The number of aryl methyl sites for hydroxylation is 2. The second-order valence-corrected chi connectivity index (χ2v) is 18.5. The normalized spacial score (nSPS) is 13.6. The van der Waals surface area contributed by atoms with Crippen LogP contribution in [0, 0.1) is 18.4 Å². The van der Waals surface area contributed by atoms with Crippen LogP contribution in [0.1, 0.15) is 52.7 Å².